The van der Waals surface area contributed by atoms with Crippen LogP contribution >= 0.6 is 8.58 Å². The van der Waals surface area contributed by atoms with Gasteiger partial charge in [-0.05, 0) is 49.2 Å². The van der Waals surface area contributed by atoms with Crippen molar-refractivity contribution in [1.82, 2.24) is 0 Å². The predicted octanol–water partition coefficient (Wildman–Crippen LogP) is 8.29. The van der Waals surface area contributed by atoms with Crippen molar-refractivity contribution >= 4 is 19.6 Å². The molecule has 0 spiro atoms. The molecule has 0 amide bonds. The van der Waals surface area contributed by atoms with E-state index in [0.717, 1.165) is 23.4 Å². The van der Waals surface area contributed by atoms with E-state index < -0.39 is 0 Å². The summed E-state index contributed by atoms with van der Waals surface area (Å²) in [6, 6.07) is 32.1. The molecule has 0 aromatic heterocycles. The van der Waals surface area contributed by atoms with E-state index in [1.54, 1.807) is 0 Å². The number of rotatable bonds is 9. The van der Waals surface area contributed by atoms with Crippen LogP contribution in [-0.2, 0) is 11.8 Å². The van der Waals surface area contributed by atoms with Crippen LogP contribution in [0.1, 0.15) is 59.2 Å². The molecule has 2 nitrogen and oxygen atoms in total. The zero-order chi connectivity index (χ0) is 26.4. The van der Waals surface area contributed by atoms with E-state index in [0.29, 0.717) is 15.2 Å². The van der Waals surface area contributed by atoms with E-state index in [-0.39, 0.29) is 5.16 Å². The number of ether oxygens (including phenoxy) is 1. The van der Waals surface area contributed by atoms with E-state index in [4.69, 9.17) is 9.73 Å². The quantitative estimate of drug-likeness (QED) is 0.165. The van der Waals surface area contributed by atoms with E-state index >= 15 is 0 Å². The summed E-state index contributed by atoms with van der Waals surface area (Å²) in [5, 5.41) is 1.30. The fourth-order valence-corrected chi connectivity index (χ4v) is 6.61. The Labute approximate surface area is 224 Å². The predicted molar refractivity (Wildman–Crippen MR) is 161 cm³/mol. The highest BCUT2D eigenvalue weighted by atomic mass is 31.1. The summed E-state index contributed by atoms with van der Waals surface area (Å²) >= 11 is 0. The number of benzene rings is 4. The highest BCUT2D eigenvalue weighted by Gasteiger charge is 2.32. The van der Waals surface area contributed by atoms with Crippen LogP contribution in [-0.4, -0.2) is 12.8 Å². The highest BCUT2D eigenvalue weighted by molar-refractivity contribution is 7.49. The van der Waals surface area contributed by atoms with Crippen LogP contribution in [0.15, 0.2) is 96.0 Å². The van der Waals surface area contributed by atoms with E-state index in [1.807, 2.05) is 13.1 Å². The van der Waals surface area contributed by atoms with Crippen LogP contribution < -0.4 is 10.0 Å². The van der Waals surface area contributed by atoms with Gasteiger partial charge in [0.15, 0.2) is 0 Å². The van der Waals surface area contributed by atoms with Gasteiger partial charge in [0.25, 0.3) is 0 Å². The van der Waals surface area contributed by atoms with Crippen LogP contribution in [0.4, 0.5) is 0 Å². The molecule has 37 heavy (non-hydrogen) atoms. The number of aliphatic imine (C=N–C) groups is 1. The van der Waals surface area contributed by atoms with E-state index in [9.17, 15) is 0 Å². The lowest BCUT2D eigenvalue weighted by Crippen LogP contribution is -2.25. The molecule has 190 valence electrons. The van der Waals surface area contributed by atoms with Gasteiger partial charge in [-0.15, -0.1) is 0 Å². The van der Waals surface area contributed by atoms with Gasteiger partial charge in [0.2, 0.25) is 0 Å². The Morgan fingerprint density at radius 1 is 0.838 bits per heavy atom. The lowest BCUT2D eigenvalue weighted by Gasteiger charge is -2.33. The van der Waals surface area contributed by atoms with Gasteiger partial charge in [-0.25, -0.2) is 0 Å². The van der Waals surface area contributed by atoms with Crippen LogP contribution in [0.3, 0.4) is 0 Å². The minimum absolute atomic E-state index is 0.0841. The monoisotopic (exact) mass is 507 g/mol. The third-order valence-electron chi connectivity index (χ3n) is 7.15. The van der Waals surface area contributed by atoms with E-state index in [1.165, 1.54) is 38.7 Å². The SMILES string of the molecule is CCC(C)(Pc1c(C)cccc1/C(=N/C)c1ccccc1)c1cc(C)cc(C)c1OCc1ccccc1. The third-order valence-corrected chi connectivity index (χ3v) is 9.23. The number of hydrogen-bond donors (Lipinski definition) is 0. The Morgan fingerprint density at radius 2 is 1.51 bits per heavy atom. The molecule has 4 rings (SSSR count). The average molecular weight is 508 g/mol. The molecule has 0 saturated carbocycles. The van der Waals surface area contributed by atoms with Gasteiger partial charge in [0.05, 0.1) is 5.71 Å². The summed E-state index contributed by atoms with van der Waals surface area (Å²) in [5.41, 5.74) is 9.68. The second kappa shape index (κ2) is 11.9. The minimum Gasteiger partial charge on any atom is -0.488 e. The molecular weight excluding hydrogens is 469 g/mol. The number of nitrogens with zero attached hydrogens (tertiary/aromatic N) is 1. The molecule has 3 heteroatoms. The molecule has 0 aliphatic carbocycles. The van der Waals surface area contributed by atoms with Gasteiger partial charge in [-0.3, -0.25) is 4.99 Å². The number of hydrogen-bond acceptors (Lipinski definition) is 2. The van der Waals surface area contributed by atoms with Gasteiger partial charge in [-0.2, -0.15) is 0 Å². The zero-order valence-corrected chi connectivity index (χ0v) is 23.9. The lowest BCUT2D eigenvalue weighted by molar-refractivity contribution is 0.297. The summed E-state index contributed by atoms with van der Waals surface area (Å²) in [6.45, 7) is 11.9. The standard InChI is InChI=1S/C34H38NOP/c1-7-34(5,30-22-24(2)21-26(4)32(30)36-23-27-16-10-8-11-17-27)37-33-25(3)15-14-20-29(33)31(35-6)28-18-12-9-13-19-28/h8-22,37H,7,23H2,1-6H3/b35-31+. The van der Waals surface area contributed by atoms with Crippen molar-refractivity contribution in [2.45, 2.75) is 52.8 Å². The first-order valence-corrected chi connectivity index (χ1v) is 14.0. The number of aryl methyl sites for hydroxylation is 3. The first-order valence-electron chi connectivity index (χ1n) is 13.0. The summed E-state index contributed by atoms with van der Waals surface area (Å²) in [5.74, 6) is 1.02. The second-order valence-electron chi connectivity index (χ2n) is 9.98. The lowest BCUT2D eigenvalue weighted by atomic mass is 9.92. The van der Waals surface area contributed by atoms with Crippen molar-refractivity contribution in [3.05, 3.63) is 130 Å². The van der Waals surface area contributed by atoms with Crippen molar-refractivity contribution < 1.29 is 4.74 Å². The molecule has 4 aromatic rings. The Morgan fingerprint density at radius 3 is 2.16 bits per heavy atom. The fraction of sp³-hybridized carbons (Fsp3) is 0.265. The Balaban J connectivity index is 1.78. The second-order valence-corrected chi connectivity index (χ2v) is 11.8. The molecule has 0 fully saturated rings. The molecule has 4 aromatic carbocycles. The molecule has 2 unspecified atom stereocenters. The van der Waals surface area contributed by atoms with Crippen molar-refractivity contribution in [2.24, 2.45) is 4.99 Å². The summed E-state index contributed by atoms with van der Waals surface area (Å²) in [6.07, 6.45) is 1.01. The summed E-state index contributed by atoms with van der Waals surface area (Å²) in [7, 11) is 2.46. The minimum atomic E-state index is -0.0841. The van der Waals surface area contributed by atoms with Crippen molar-refractivity contribution in [3.63, 3.8) is 0 Å². The Bertz CT molecular complexity index is 1380. The Kier molecular flexibility index (Phi) is 8.62. The van der Waals surface area contributed by atoms with Gasteiger partial charge in [0, 0.05) is 28.9 Å². The highest BCUT2D eigenvalue weighted by Crippen LogP contribution is 2.49. The Hall–Kier alpha value is -3.22. The fourth-order valence-electron chi connectivity index (χ4n) is 4.94. The van der Waals surface area contributed by atoms with Gasteiger partial charge in [0.1, 0.15) is 12.4 Å². The largest absolute Gasteiger partial charge is 0.488 e. The molecule has 2 atom stereocenters. The van der Waals surface area contributed by atoms with Crippen molar-refractivity contribution in [3.8, 4) is 5.75 Å². The topological polar surface area (TPSA) is 21.6 Å². The van der Waals surface area contributed by atoms with Crippen molar-refractivity contribution in [1.29, 1.82) is 0 Å². The normalized spacial score (nSPS) is 13.6. The van der Waals surface area contributed by atoms with Gasteiger partial charge >= 0.3 is 0 Å². The summed E-state index contributed by atoms with van der Waals surface area (Å²) < 4.78 is 6.57. The molecule has 0 N–H and O–H groups in total. The molecular formula is C34H38NOP. The molecule has 0 aliphatic heterocycles. The maximum atomic E-state index is 6.57. The first-order chi connectivity index (χ1) is 17.9. The van der Waals surface area contributed by atoms with Gasteiger partial charge < -0.3 is 4.74 Å². The maximum absolute atomic E-state index is 6.57. The zero-order valence-electron chi connectivity index (χ0n) is 22.9. The first kappa shape index (κ1) is 26.8. The van der Waals surface area contributed by atoms with Gasteiger partial charge in [-0.1, -0.05) is 119 Å². The summed E-state index contributed by atoms with van der Waals surface area (Å²) in [4.78, 5) is 4.76. The smallest absolute Gasteiger partial charge is 0.126 e. The molecule has 0 saturated heterocycles. The molecule has 0 heterocycles. The third kappa shape index (κ3) is 6.03. The molecule has 0 bridgehead atoms. The molecule has 0 radical (unpaired) electrons. The molecule has 0 aliphatic rings. The average Bonchev–Trinajstić information content (AvgIpc) is 2.91. The van der Waals surface area contributed by atoms with Crippen molar-refractivity contribution in [2.75, 3.05) is 7.05 Å². The van der Waals surface area contributed by atoms with Crippen LogP contribution in [0.2, 0.25) is 0 Å². The van der Waals surface area contributed by atoms with Crippen LogP contribution in [0.25, 0.3) is 0 Å². The van der Waals surface area contributed by atoms with Crippen LogP contribution in [0, 0.1) is 20.8 Å². The maximum Gasteiger partial charge on any atom is 0.126 e. The van der Waals surface area contributed by atoms with E-state index in [2.05, 4.69) is 120 Å². The van der Waals surface area contributed by atoms with Crippen LogP contribution in [0.5, 0.6) is 5.75 Å².